The fraction of sp³-hybridized carbons (Fsp3) is 0.794. The minimum absolute atomic E-state index is 0.0177. The van der Waals surface area contributed by atoms with E-state index in [0.29, 0.717) is 35.2 Å². The van der Waals surface area contributed by atoms with Crippen LogP contribution in [0.5, 0.6) is 0 Å². The minimum Gasteiger partial charge on any atom is -0.478 e. The molecule has 0 saturated heterocycles. The second-order valence-electron chi connectivity index (χ2n) is 14.9. The molecule has 0 heterocycles. The van der Waals surface area contributed by atoms with Crippen molar-refractivity contribution in [1.29, 1.82) is 0 Å². The molecule has 1 spiro atoms. The molecular weight excluding hydrogens is 472 g/mol. The number of aliphatic hydroxyl groups excluding tert-OH is 2. The highest BCUT2D eigenvalue weighted by Gasteiger charge is 2.83. The van der Waals surface area contributed by atoms with Crippen LogP contribution >= 0.6 is 0 Å². The number of aryl methyl sites for hydroxylation is 1. The highest BCUT2D eigenvalue weighted by molar-refractivity contribution is 5.89. The molecule has 0 radical (unpaired) electrons. The highest BCUT2D eigenvalue weighted by Crippen LogP contribution is 2.86. The molecule has 0 amide bonds. The lowest BCUT2D eigenvalue weighted by molar-refractivity contribution is -0.203. The summed E-state index contributed by atoms with van der Waals surface area (Å²) in [7, 11) is 0. The second-order valence-corrected chi connectivity index (χ2v) is 14.9. The van der Waals surface area contributed by atoms with Crippen LogP contribution in [0.25, 0.3) is 0 Å². The number of hydrogen-bond acceptors (Lipinski definition) is 3. The summed E-state index contributed by atoms with van der Waals surface area (Å²) in [6.45, 7) is 9.86. The van der Waals surface area contributed by atoms with Gasteiger partial charge in [-0.25, -0.2) is 4.79 Å². The smallest absolute Gasteiger partial charge is 0.335 e. The molecule has 11 atom stereocenters. The van der Waals surface area contributed by atoms with Crippen molar-refractivity contribution in [2.75, 3.05) is 0 Å². The number of aliphatic hydroxyl groups is 2. The number of carboxylic acids is 1. The summed E-state index contributed by atoms with van der Waals surface area (Å²) in [5, 5.41) is 32.5. The molecular formula is C34H50O4. The molecule has 0 aliphatic heterocycles. The number of hydrogen-bond donors (Lipinski definition) is 3. The van der Waals surface area contributed by atoms with E-state index in [4.69, 9.17) is 0 Å². The summed E-state index contributed by atoms with van der Waals surface area (Å²) in [5.41, 5.74) is 2.12. The Balaban J connectivity index is 1.20. The summed E-state index contributed by atoms with van der Waals surface area (Å²) >= 11 is 0. The molecule has 1 aromatic carbocycles. The van der Waals surface area contributed by atoms with E-state index in [9.17, 15) is 20.1 Å². The van der Waals surface area contributed by atoms with Gasteiger partial charge in [0.25, 0.3) is 0 Å². The quantitative estimate of drug-likeness (QED) is 0.356. The molecule has 5 aliphatic rings. The van der Waals surface area contributed by atoms with Gasteiger partial charge in [0.05, 0.1) is 17.8 Å². The minimum atomic E-state index is -0.826. The normalized spacial score (nSPS) is 47.8. The summed E-state index contributed by atoms with van der Waals surface area (Å²) < 4.78 is 0. The van der Waals surface area contributed by atoms with E-state index in [1.165, 1.54) is 25.7 Å². The van der Waals surface area contributed by atoms with Gasteiger partial charge >= 0.3 is 5.97 Å². The molecule has 4 nitrogen and oxygen atoms in total. The zero-order valence-corrected chi connectivity index (χ0v) is 24.1. The van der Waals surface area contributed by atoms with Crippen molar-refractivity contribution < 1.29 is 20.1 Å². The summed E-state index contributed by atoms with van der Waals surface area (Å²) in [4.78, 5) is 11.6. The number of aromatic carboxylic acids is 1. The Kier molecular flexibility index (Phi) is 6.39. The van der Waals surface area contributed by atoms with Crippen LogP contribution in [0, 0.1) is 51.2 Å². The highest BCUT2D eigenvalue weighted by atomic mass is 16.4. The van der Waals surface area contributed by atoms with E-state index < -0.39 is 5.97 Å². The maximum absolute atomic E-state index is 12.2. The molecule has 0 bridgehead atoms. The first kappa shape index (κ1) is 26.8. The Morgan fingerprint density at radius 1 is 1.05 bits per heavy atom. The molecule has 5 unspecified atom stereocenters. The molecule has 38 heavy (non-hydrogen) atoms. The Hall–Kier alpha value is -1.39. The van der Waals surface area contributed by atoms with Crippen LogP contribution in [0.2, 0.25) is 0 Å². The number of benzene rings is 1. The number of carbonyl (C=O) groups is 1. The lowest BCUT2D eigenvalue weighted by Crippen LogP contribution is -2.62. The van der Waals surface area contributed by atoms with Gasteiger partial charge in [-0.2, -0.15) is 0 Å². The van der Waals surface area contributed by atoms with Crippen LogP contribution in [-0.2, 0) is 6.42 Å². The predicted molar refractivity (Wildman–Crippen MR) is 150 cm³/mol. The lowest BCUT2D eigenvalue weighted by Gasteiger charge is -2.64. The van der Waals surface area contributed by atoms with Crippen molar-refractivity contribution in [3.05, 3.63) is 35.4 Å². The molecule has 0 aromatic heterocycles. The second kappa shape index (κ2) is 9.06. The van der Waals surface area contributed by atoms with Crippen LogP contribution in [0.1, 0.15) is 114 Å². The van der Waals surface area contributed by atoms with Gasteiger partial charge < -0.3 is 15.3 Å². The zero-order chi connectivity index (χ0) is 27.1. The summed E-state index contributed by atoms with van der Waals surface area (Å²) in [6, 6.07) is 7.46. The Morgan fingerprint density at radius 3 is 2.55 bits per heavy atom. The number of rotatable bonds is 7. The Morgan fingerprint density at radius 2 is 1.82 bits per heavy atom. The molecule has 210 valence electrons. The Bertz CT molecular complexity index is 1080. The average Bonchev–Trinajstić information content (AvgIpc) is 3.43. The third-order valence-electron chi connectivity index (χ3n) is 13.9. The zero-order valence-electron chi connectivity index (χ0n) is 24.1. The molecule has 5 aliphatic carbocycles. The first-order valence-corrected chi connectivity index (χ1v) is 15.7. The molecule has 6 rings (SSSR count). The largest absolute Gasteiger partial charge is 0.478 e. The number of fused-ring (bicyclic) bond motifs is 4. The van der Waals surface area contributed by atoms with E-state index in [0.717, 1.165) is 56.9 Å². The van der Waals surface area contributed by atoms with E-state index in [1.807, 2.05) is 18.2 Å². The lowest BCUT2D eigenvalue weighted by atomic mass is 9.41. The van der Waals surface area contributed by atoms with Gasteiger partial charge in [0.2, 0.25) is 0 Å². The van der Waals surface area contributed by atoms with Crippen LogP contribution in [-0.4, -0.2) is 33.5 Å². The fourth-order valence-corrected chi connectivity index (χ4v) is 12.1. The third kappa shape index (κ3) is 3.44. The van der Waals surface area contributed by atoms with E-state index >= 15 is 0 Å². The molecule has 5 fully saturated rings. The van der Waals surface area contributed by atoms with Crippen LogP contribution < -0.4 is 0 Å². The first-order chi connectivity index (χ1) is 18.0. The molecule has 3 N–H and O–H groups in total. The monoisotopic (exact) mass is 522 g/mol. The van der Waals surface area contributed by atoms with Gasteiger partial charge in [0.15, 0.2) is 0 Å². The van der Waals surface area contributed by atoms with Crippen LogP contribution in [0.15, 0.2) is 24.3 Å². The van der Waals surface area contributed by atoms with E-state index in [-0.39, 0.29) is 33.9 Å². The molecule has 4 heteroatoms. The van der Waals surface area contributed by atoms with E-state index in [1.54, 1.807) is 6.07 Å². The van der Waals surface area contributed by atoms with Gasteiger partial charge in [-0.1, -0.05) is 52.3 Å². The number of carboxylic acid groups (broad SMARTS) is 1. The van der Waals surface area contributed by atoms with Gasteiger partial charge in [-0.3, -0.25) is 0 Å². The fourth-order valence-electron chi connectivity index (χ4n) is 12.1. The van der Waals surface area contributed by atoms with Crippen molar-refractivity contribution in [2.24, 2.45) is 51.2 Å². The summed E-state index contributed by atoms with van der Waals surface area (Å²) in [6.07, 6.45) is 12.7. The first-order valence-electron chi connectivity index (χ1n) is 15.7. The van der Waals surface area contributed by atoms with Gasteiger partial charge in [-0.15, -0.1) is 0 Å². The molecule has 1 aromatic rings. The Labute approximate surface area is 229 Å². The van der Waals surface area contributed by atoms with E-state index in [2.05, 4.69) is 27.7 Å². The maximum atomic E-state index is 12.2. The summed E-state index contributed by atoms with van der Waals surface area (Å²) in [5.74, 6) is 2.06. The average molecular weight is 523 g/mol. The van der Waals surface area contributed by atoms with Crippen molar-refractivity contribution in [3.63, 3.8) is 0 Å². The third-order valence-corrected chi connectivity index (χ3v) is 13.9. The molecule has 5 saturated carbocycles. The van der Waals surface area contributed by atoms with Crippen molar-refractivity contribution in [1.82, 2.24) is 0 Å². The van der Waals surface area contributed by atoms with Gasteiger partial charge in [0.1, 0.15) is 0 Å². The predicted octanol–water partition coefficient (Wildman–Crippen LogP) is 7.11. The van der Waals surface area contributed by atoms with Gasteiger partial charge in [0, 0.05) is 5.41 Å². The van der Waals surface area contributed by atoms with Gasteiger partial charge in [-0.05, 0) is 128 Å². The van der Waals surface area contributed by atoms with Crippen molar-refractivity contribution in [3.8, 4) is 0 Å². The topological polar surface area (TPSA) is 77.8 Å². The van der Waals surface area contributed by atoms with Crippen molar-refractivity contribution in [2.45, 2.75) is 117 Å². The standard InChI is InChI=1S/C34H50O4/c1-5-33-20-34(33)19-23(35)15-18-32(34,4)27-16-17-31(3)25(13-14-26(31)28(27)29(33)36)21(2)9-8-11-22-10-6-7-12-24(22)30(37)38/h6-7,10,12,21,23,25-29,35-36H,5,8-9,11,13-20H2,1-4H3,(H,37,38)/t21-,23-,25?,26?,27?,28?,29+,31-,32-,33?,34+/m1/s1. The SMILES string of the molecule is CCC12C[C@]13C[C@H](O)CC[C@]3(C)C1CC[C@@]3(C)C(CCC3[C@H](C)CCCc3ccccc3C(=O)O)C1[C@@H]2O. The van der Waals surface area contributed by atoms with Crippen LogP contribution in [0.4, 0.5) is 0 Å². The maximum Gasteiger partial charge on any atom is 0.335 e. The van der Waals surface area contributed by atoms with Crippen LogP contribution in [0.3, 0.4) is 0 Å². The van der Waals surface area contributed by atoms with Crippen molar-refractivity contribution >= 4 is 5.97 Å².